The molecule has 0 spiro atoms. The fraction of sp³-hybridized carbons (Fsp3) is 0.250. The molecule has 2 aromatic rings. The van der Waals surface area contributed by atoms with Crippen LogP contribution in [0.1, 0.15) is 31.4 Å². The highest BCUT2D eigenvalue weighted by Crippen LogP contribution is 2.21. The third kappa shape index (κ3) is 5.44. The lowest BCUT2D eigenvalue weighted by Gasteiger charge is -2.13. The Hall–Kier alpha value is -3.15. The Morgan fingerprint density at radius 3 is 2.00 bits per heavy atom. The van der Waals surface area contributed by atoms with Crippen molar-refractivity contribution in [1.82, 2.24) is 0 Å². The molecule has 3 amide bonds. The minimum atomic E-state index is -0.401. The summed E-state index contributed by atoms with van der Waals surface area (Å²) >= 11 is 0. The zero-order valence-electron chi connectivity index (χ0n) is 15.2. The number of hydrogen-bond donors (Lipinski definition) is 3. The normalized spacial score (nSPS) is 10.1. The fourth-order valence-electron chi connectivity index (χ4n) is 2.58. The third-order valence-corrected chi connectivity index (χ3v) is 3.81. The second kappa shape index (κ2) is 8.80. The van der Waals surface area contributed by atoms with Gasteiger partial charge < -0.3 is 16.0 Å². The maximum atomic E-state index is 12.2. The molecule has 0 saturated heterocycles. The van der Waals surface area contributed by atoms with Crippen molar-refractivity contribution in [2.24, 2.45) is 0 Å². The molecule has 136 valence electrons. The number of carbonyl (C=O) groups excluding carboxylic acids is 3. The van der Waals surface area contributed by atoms with Crippen molar-refractivity contribution in [1.29, 1.82) is 0 Å². The molecule has 26 heavy (non-hydrogen) atoms. The van der Waals surface area contributed by atoms with Gasteiger partial charge in [-0.05, 0) is 48.7 Å². The van der Waals surface area contributed by atoms with Gasteiger partial charge in [-0.3, -0.25) is 14.4 Å². The monoisotopic (exact) mass is 353 g/mol. The van der Waals surface area contributed by atoms with E-state index in [9.17, 15) is 14.4 Å². The highest BCUT2D eigenvalue weighted by atomic mass is 16.2. The highest BCUT2D eigenvalue weighted by molar-refractivity contribution is 6.08. The average Bonchev–Trinajstić information content (AvgIpc) is 2.58. The van der Waals surface area contributed by atoms with Gasteiger partial charge in [-0.15, -0.1) is 0 Å². The van der Waals surface area contributed by atoms with Gasteiger partial charge in [0, 0.05) is 24.0 Å². The van der Waals surface area contributed by atoms with Crippen molar-refractivity contribution in [2.75, 3.05) is 16.0 Å². The number of aryl methyl sites for hydroxylation is 2. The van der Waals surface area contributed by atoms with Gasteiger partial charge in [-0.2, -0.15) is 0 Å². The summed E-state index contributed by atoms with van der Waals surface area (Å²) in [5, 5.41) is 8.14. The molecular formula is C20H23N3O3. The molecule has 3 N–H and O–H groups in total. The molecule has 0 saturated carbocycles. The van der Waals surface area contributed by atoms with Crippen LogP contribution < -0.4 is 16.0 Å². The number of para-hydroxylation sites is 1. The number of amides is 3. The summed E-state index contributed by atoms with van der Waals surface area (Å²) in [5.41, 5.74) is 3.97. The van der Waals surface area contributed by atoms with Crippen LogP contribution in [0.2, 0.25) is 0 Å². The largest absolute Gasteiger partial charge is 0.326 e. The minimum Gasteiger partial charge on any atom is -0.326 e. The molecule has 6 nitrogen and oxygen atoms in total. The van der Waals surface area contributed by atoms with Crippen LogP contribution in [-0.4, -0.2) is 17.7 Å². The molecule has 0 aliphatic rings. The van der Waals surface area contributed by atoms with Gasteiger partial charge in [0.15, 0.2) is 0 Å². The lowest BCUT2D eigenvalue weighted by atomic mass is 10.1. The van der Waals surface area contributed by atoms with Gasteiger partial charge >= 0.3 is 0 Å². The smallest absolute Gasteiger partial charge is 0.233 e. The zero-order valence-corrected chi connectivity index (χ0v) is 15.2. The predicted octanol–water partition coefficient (Wildman–Crippen LogP) is 3.48. The predicted molar refractivity (Wildman–Crippen MR) is 103 cm³/mol. The lowest BCUT2D eigenvalue weighted by Crippen LogP contribution is -2.22. The average molecular weight is 353 g/mol. The molecular weight excluding hydrogens is 330 g/mol. The Bertz CT molecular complexity index is 814. The van der Waals surface area contributed by atoms with Crippen LogP contribution in [0.25, 0.3) is 0 Å². The highest BCUT2D eigenvalue weighted by Gasteiger charge is 2.13. The molecule has 0 aliphatic heterocycles. The van der Waals surface area contributed by atoms with Crippen molar-refractivity contribution >= 4 is 34.8 Å². The van der Waals surface area contributed by atoms with Gasteiger partial charge in [0.25, 0.3) is 0 Å². The number of hydrogen-bond acceptors (Lipinski definition) is 3. The topological polar surface area (TPSA) is 87.3 Å². The first-order valence-corrected chi connectivity index (χ1v) is 8.45. The number of carbonyl (C=O) groups is 3. The van der Waals surface area contributed by atoms with E-state index in [1.807, 2.05) is 32.0 Å². The van der Waals surface area contributed by atoms with Crippen LogP contribution >= 0.6 is 0 Å². The minimum absolute atomic E-state index is 0.166. The number of nitrogens with one attached hydrogen (secondary N) is 3. The van der Waals surface area contributed by atoms with Crippen molar-refractivity contribution in [3.05, 3.63) is 53.6 Å². The van der Waals surface area contributed by atoms with Crippen LogP contribution in [0, 0.1) is 6.92 Å². The molecule has 6 heteroatoms. The summed E-state index contributed by atoms with van der Waals surface area (Å²) in [5.74, 6) is -0.927. The van der Waals surface area contributed by atoms with E-state index in [0.717, 1.165) is 23.2 Å². The van der Waals surface area contributed by atoms with Crippen LogP contribution in [0.3, 0.4) is 0 Å². The van der Waals surface area contributed by atoms with Gasteiger partial charge in [0.2, 0.25) is 17.7 Å². The van der Waals surface area contributed by atoms with E-state index in [4.69, 9.17) is 0 Å². The van der Waals surface area contributed by atoms with Gasteiger partial charge in [-0.1, -0.05) is 25.1 Å². The quantitative estimate of drug-likeness (QED) is 0.695. The van der Waals surface area contributed by atoms with Crippen LogP contribution in [0.15, 0.2) is 42.5 Å². The van der Waals surface area contributed by atoms with E-state index in [-0.39, 0.29) is 18.2 Å². The lowest BCUT2D eigenvalue weighted by molar-refractivity contribution is -0.123. The Balaban J connectivity index is 1.93. The summed E-state index contributed by atoms with van der Waals surface area (Å²) in [4.78, 5) is 35.3. The maximum Gasteiger partial charge on any atom is 0.233 e. The van der Waals surface area contributed by atoms with Crippen molar-refractivity contribution in [2.45, 2.75) is 33.6 Å². The Morgan fingerprint density at radius 2 is 1.42 bits per heavy atom. The SMILES string of the molecule is CCc1cccc(C)c1NC(=O)CC(=O)Nc1ccc(NC(C)=O)cc1. The molecule has 0 aromatic heterocycles. The Labute approximate surface area is 153 Å². The third-order valence-electron chi connectivity index (χ3n) is 3.81. The first-order chi connectivity index (χ1) is 12.4. The van der Waals surface area contributed by atoms with Crippen molar-refractivity contribution < 1.29 is 14.4 Å². The Morgan fingerprint density at radius 1 is 0.846 bits per heavy atom. The summed E-state index contributed by atoms with van der Waals surface area (Å²) < 4.78 is 0. The van der Waals surface area contributed by atoms with Crippen molar-refractivity contribution in [3.63, 3.8) is 0 Å². The molecule has 0 unspecified atom stereocenters. The molecule has 0 radical (unpaired) electrons. The molecule has 0 heterocycles. The standard InChI is InChI=1S/C20H23N3O3/c1-4-15-7-5-6-13(2)20(15)23-19(26)12-18(25)22-17-10-8-16(9-11-17)21-14(3)24/h5-11H,4,12H2,1-3H3,(H,21,24)(H,22,25)(H,23,26). The van der Waals surface area contributed by atoms with Crippen LogP contribution in [0.4, 0.5) is 17.1 Å². The zero-order chi connectivity index (χ0) is 19.1. The van der Waals surface area contributed by atoms with E-state index < -0.39 is 5.91 Å². The maximum absolute atomic E-state index is 12.2. The first-order valence-electron chi connectivity index (χ1n) is 8.45. The summed E-state index contributed by atoms with van der Waals surface area (Å²) in [6.07, 6.45) is 0.523. The summed E-state index contributed by atoms with van der Waals surface area (Å²) in [7, 11) is 0. The van der Waals surface area contributed by atoms with Crippen molar-refractivity contribution in [3.8, 4) is 0 Å². The second-order valence-corrected chi connectivity index (χ2v) is 5.99. The van der Waals surface area contributed by atoms with Gasteiger partial charge in [0.1, 0.15) is 6.42 Å². The van der Waals surface area contributed by atoms with Gasteiger partial charge in [-0.25, -0.2) is 0 Å². The fourth-order valence-corrected chi connectivity index (χ4v) is 2.58. The number of anilines is 3. The molecule has 0 bridgehead atoms. The van der Waals surface area contributed by atoms with E-state index in [2.05, 4.69) is 16.0 Å². The molecule has 2 rings (SSSR count). The summed E-state index contributed by atoms with van der Waals surface area (Å²) in [6, 6.07) is 12.5. The molecule has 2 aromatic carbocycles. The van der Waals surface area contributed by atoms with Crippen LogP contribution in [-0.2, 0) is 20.8 Å². The summed E-state index contributed by atoms with van der Waals surface area (Å²) in [6.45, 7) is 5.36. The van der Waals surface area contributed by atoms with Crippen LogP contribution in [0.5, 0.6) is 0 Å². The van der Waals surface area contributed by atoms with E-state index in [0.29, 0.717) is 11.4 Å². The molecule has 0 atom stereocenters. The molecule has 0 aliphatic carbocycles. The first kappa shape index (κ1) is 19.2. The second-order valence-electron chi connectivity index (χ2n) is 5.99. The number of benzene rings is 2. The van der Waals surface area contributed by atoms with E-state index in [1.165, 1.54) is 6.92 Å². The number of rotatable bonds is 6. The van der Waals surface area contributed by atoms with E-state index >= 15 is 0 Å². The van der Waals surface area contributed by atoms with Gasteiger partial charge in [0.05, 0.1) is 0 Å². The Kier molecular flexibility index (Phi) is 6.49. The molecule has 0 fully saturated rings. The van der Waals surface area contributed by atoms with E-state index in [1.54, 1.807) is 24.3 Å².